The summed E-state index contributed by atoms with van der Waals surface area (Å²) < 4.78 is 59.8. The van der Waals surface area contributed by atoms with Crippen LogP contribution in [0.25, 0.3) is 0 Å². The average molecular weight is 372 g/mol. The first-order chi connectivity index (χ1) is 12.4. The van der Waals surface area contributed by atoms with Crippen molar-refractivity contribution < 1.29 is 27.0 Å². The molecule has 4 N–H and O–H groups in total. The van der Waals surface area contributed by atoms with Gasteiger partial charge in [-0.3, -0.25) is 4.99 Å². The molecule has 0 unspecified atom stereocenters. The molecule has 0 radical (unpaired) electrons. The van der Waals surface area contributed by atoms with Crippen molar-refractivity contribution in [2.24, 2.45) is 15.9 Å². The van der Waals surface area contributed by atoms with Gasteiger partial charge in [0, 0.05) is 6.07 Å². The van der Waals surface area contributed by atoms with Crippen LogP contribution in [0.1, 0.15) is 0 Å². The van der Waals surface area contributed by atoms with Crippen molar-refractivity contribution in [2.75, 3.05) is 12.3 Å². The summed E-state index contributed by atoms with van der Waals surface area (Å²) in [6, 6.07) is 2.89. The van der Waals surface area contributed by atoms with E-state index in [4.69, 9.17) is 16.3 Å². The molecule has 2 rings (SSSR count). The zero-order chi connectivity index (χ0) is 19.1. The fraction of sp³-hybridized carbons (Fsp3) is 0.143. The molecule has 0 aliphatic rings. The number of halogens is 4. The number of benzene rings is 1. The third-order valence-electron chi connectivity index (χ3n) is 2.76. The number of alkyl halides is 2. The van der Waals surface area contributed by atoms with Crippen LogP contribution in [0.3, 0.4) is 0 Å². The van der Waals surface area contributed by atoms with E-state index in [1.807, 2.05) is 0 Å². The van der Waals surface area contributed by atoms with E-state index < -0.39 is 29.8 Å². The minimum Gasteiger partial charge on any atom is -0.457 e. The lowest BCUT2D eigenvalue weighted by Gasteiger charge is -2.06. The minimum absolute atomic E-state index is 0.0946. The quantitative estimate of drug-likeness (QED) is 0.332. The SMILES string of the molecule is NN=C(C=Nc1ccc(F)c(OC(F)F)c1)COc1ncc(F)c(N)n1. The Bertz CT molecular complexity index is 831. The van der Waals surface area contributed by atoms with E-state index in [1.54, 1.807) is 0 Å². The molecule has 0 saturated carbocycles. The number of hydrogen-bond acceptors (Lipinski definition) is 8. The number of aliphatic imine (C=N–C) groups is 1. The van der Waals surface area contributed by atoms with Gasteiger partial charge in [-0.25, -0.2) is 13.8 Å². The zero-order valence-electron chi connectivity index (χ0n) is 12.9. The number of ether oxygens (including phenoxy) is 2. The molecule has 12 heteroatoms. The highest BCUT2D eigenvalue weighted by Crippen LogP contribution is 2.25. The molecule has 138 valence electrons. The molecule has 0 aliphatic heterocycles. The number of hydrogen-bond donors (Lipinski definition) is 2. The number of anilines is 1. The van der Waals surface area contributed by atoms with Crippen LogP contribution < -0.4 is 21.1 Å². The molecule has 8 nitrogen and oxygen atoms in total. The average Bonchev–Trinajstić information content (AvgIpc) is 2.60. The molecular formula is C14H12F4N6O2. The molecule has 0 saturated heterocycles. The lowest BCUT2D eigenvalue weighted by molar-refractivity contribution is -0.0521. The lowest BCUT2D eigenvalue weighted by atomic mass is 10.3. The van der Waals surface area contributed by atoms with Crippen LogP contribution in [0.2, 0.25) is 0 Å². The Balaban J connectivity index is 2.04. The van der Waals surface area contributed by atoms with Crippen LogP contribution in [0.4, 0.5) is 29.1 Å². The molecular weight excluding hydrogens is 360 g/mol. The largest absolute Gasteiger partial charge is 0.457 e. The molecule has 0 fully saturated rings. The Labute approximate surface area is 144 Å². The Morgan fingerprint density at radius 1 is 1.27 bits per heavy atom. The summed E-state index contributed by atoms with van der Waals surface area (Å²) in [7, 11) is 0. The maximum atomic E-state index is 13.3. The van der Waals surface area contributed by atoms with E-state index >= 15 is 0 Å². The second-order valence-corrected chi connectivity index (χ2v) is 4.55. The van der Waals surface area contributed by atoms with Crippen LogP contribution in [0.5, 0.6) is 11.8 Å². The van der Waals surface area contributed by atoms with Crippen LogP contribution in [-0.4, -0.2) is 35.1 Å². The summed E-state index contributed by atoms with van der Waals surface area (Å²) in [6.07, 6.45) is 1.97. The van der Waals surface area contributed by atoms with Crippen LogP contribution in [-0.2, 0) is 0 Å². The third kappa shape index (κ3) is 5.29. The van der Waals surface area contributed by atoms with Gasteiger partial charge in [-0.15, -0.1) is 0 Å². The van der Waals surface area contributed by atoms with E-state index in [2.05, 4.69) is 24.8 Å². The number of aromatic nitrogens is 2. The molecule has 26 heavy (non-hydrogen) atoms. The van der Waals surface area contributed by atoms with Gasteiger partial charge in [-0.1, -0.05) is 0 Å². The van der Waals surface area contributed by atoms with Crippen molar-refractivity contribution in [3.63, 3.8) is 0 Å². The van der Waals surface area contributed by atoms with Gasteiger partial charge < -0.3 is 21.1 Å². The summed E-state index contributed by atoms with van der Waals surface area (Å²) in [5.41, 5.74) is 5.47. The monoisotopic (exact) mass is 372 g/mol. The second-order valence-electron chi connectivity index (χ2n) is 4.55. The predicted octanol–water partition coefficient (Wildman–Crippen LogP) is 2.03. The van der Waals surface area contributed by atoms with Crippen molar-refractivity contribution in [3.05, 3.63) is 36.0 Å². The summed E-state index contributed by atoms with van der Waals surface area (Å²) >= 11 is 0. The summed E-state index contributed by atoms with van der Waals surface area (Å²) in [5.74, 6) is 2.36. The molecule has 2 aromatic rings. The molecule has 1 aromatic carbocycles. The maximum Gasteiger partial charge on any atom is 0.387 e. The molecule has 0 atom stereocenters. The van der Waals surface area contributed by atoms with E-state index in [0.717, 1.165) is 24.5 Å². The van der Waals surface area contributed by atoms with Crippen molar-refractivity contribution in [1.82, 2.24) is 9.97 Å². The van der Waals surface area contributed by atoms with Crippen LogP contribution >= 0.6 is 0 Å². The predicted molar refractivity (Wildman–Crippen MR) is 84.7 cm³/mol. The highest BCUT2D eigenvalue weighted by atomic mass is 19.3. The lowest BCUT2D eigenvalue weighted by Crippen LogP contribution is -2.16. The third-order valence-corrected chi connectivity index (χ3v) is 2.76. The van der Waals surface area contributed by atoms with E-state index in [0.29, 0.717) is 0 Å². The van der Waals surface area contributed by atoms with Gasteiger partial charge in [0.15, 0.2) is 23.2 Å². The number of nitrogens with zero attached hydrogens (tertiary/aromatic N) is 4. The molecule has 0 amide bonds. The normalized spacial score (nSPS) is 12.0. The standard InChI is InChI=1S/C14H12F4N6O2/c15-9-2-1-7(3-11(9)26-13(17)18)21-4-8(24-20)6-25-14-22-5-10(16)12(19)23-14/h1-5,13H,6,20H2,(H2,19,22,23). The van der Waals surface area contributed by atoms with Crippen molar-refractivity contribution in [3.8, 4) is 11.8 Å². The van der Waals surface area contributed by atoms with Crippen molar-refractivity contribution in [2.45, 2.75) is 6.61 Å². The first-order valence-electron chi connectivity index (χ1n) is 6.85. The van der Waals surface area contributed by atoms with Crippen LogP contribution in [0, 0.1) is 11.6 Å². The van der Waals surface area contributed by atoms with Gasteiger partial charge >= 0.3 is 12.6 Å². The number of nitrogen functional groups attached to an aromatic ring is 1. The molecule has 0 aliphatic carbocycles. The fourth-order valence-electron chi connectivity index (χ4n) is 1.59. The second kappa shape index (κ2) is 8.60. The first-order valence-corrected chi connectivity index (χ1v) is 6.85. The zero-order valence-corrected chi connectivity index (χ0v) is 12.9. The van der Waals surface area contributed by atoms with E-state index in [1.165, 1.54) is 6.07 Å². The van der Waals surface area contributed by atoms with Gasteiger partial charge in [0.25, 0.3) is 0 Å². The van der Waals surface area contributed by atoms with Gasteiger partial charge in [0.05, 0.1) is 18.1 Å². The molecule has 1 heterocycles. The minimum atomic E-state index is -3.18. The van der Waals surface area contributed by atoms with Crippen molar-refractivity contribution in [1.29, 1.82) is 0 Å². The highest BCUT2D eigenvalue weighted by molar-refractivity contribution is 6.31. The Hall–Kier alpha value is -3.44. The smallest absolute Gasteiger partial charge is 0.387 e. The van der Waals surface area contributed by atoms with E-state index in [9.17, 15) is 17.6 Å². The Kier molecular flexibility index (Phi) is 6.25. The van der Waals surface area contributed by atoms with Gasteiger partial charge in [0.1, 0.15) is 12.3 Å². The van der Waals surface area contributed by atoms with E-state index in [-0.39, 0.29) is 24.0 Å². The number of hydrazone groups is 1. The Morgan fingerprint density at radius 3 is 2.69 bits per heavy atom. The number of rotatable bonds is 7. The fourth-order valence-corrected chi connectivity index (χ4v) is 1.59. The number of nitrogens with two attached hydrogens (primary N) is 2. The van der Waals surface area contributed by atoms with Gasteiger partial charge in [0.2, 0.25) is 0 Å². The van der Waals surface area contributed by atoms with Gasteiger partial charge in [-0.05, 0) is 12.1 Å². The molecule has 1 aromatic heterocycles. The maximum absolute atomic E-state index is 13.3. The summed E-state index contributed by atoms with van der Waals surface area (Å²) in [4.78, 5) is 11.0. The highest BCUT2D eigenvalue weighted by Gasteiger charge is 2.10. The van der Waals surface area contributed by atoms with Gasteiger partial charge in [-0.2, -0.15) is 18.9 Å². The topological polar surface area (TPSA) is 121 Å². The summed E-state index contributed by atoms with van der Waals surface area (Å²) in [5, 5.41) is 3.40. The van der Waals surface area contributed by atoms with Crippen LogP contribution in [0.15, 0.2) is 34.5 Å². The summed E-state index contributed by atoms with van der Waals surface area (Å²) in [6.45, 7) is -3.42. The first kappa shape index (κ1) is 18.9. The Morgan fingerprint density at radius 2 is 2.04 bits per heavy atom. The van der Waals surface area contributed by atoms with Crippen molar-refractivity contribution >= 4 is 23.4 Å². The molecule has 0 bridgehead atoms. The molecule has 0 spiro atoms.